The third-order valence-corrected chi connectivity index (χ3v) is 4.02. The number of para-hydroxylation sites is 1. The Balaban J connectivity index is 2.07. The minimum atomic E-state index is 0.529. The number of halogens is 1. The fourth-order valence-corrected chi connectivity index (χ4v) is 2.89. The van der Waals surface area contributed by atoms with Crippen molar-refractivity contribution in [1.29, 1.82) is 0 Å². The van der Waals surface area contributed by atoms with E-state index in [0.29, 0.717) is 6.04 Å². The number of nitrogens with one attached hydrogen (secondary N) is 1. The van der Waals surface area contributed by atoms with Crippen molar-refractivity contribution >= 4 is 17.3 Å². The van der Waals surface area contributed by atoms with E-state index < -0.39 is 0 Å². The zero-order valence-electron chi connectivity index (χ0n) is 10.1. The first-order chi connectivity index (χ1) is 7.68. The summed E-state index contributed by atoms with van der Waals surface area (Å²) in [5.74, 6) is 0.815. The Labute approximate surface area is 103 Å². The van der Waals surface area contributed by atoms with Crippen molar-refractivity contribution in [2.24, 2.45) is 5.92 Å². The quantitative estimate of drug-likeness (QED) is 0.808. The molecule has 2 rings (SSSR count). The molecule has 1 aromatic rings. The molecule has 16 heavy (non-hydrogen) atoms. The van der Waals surface area contributed by atoms with Gasteiger partial charge in [0.15, 0.2) is 0 Å². The normalized spacial score (nSPS) is 18.7. The molecule has 0 amide bonds. The highest BCUT2D eigenvalue weighted by Gasteiger charge is 2.22. The van der Waals surface area contributed by atoms with Gasteiger partial charge in [0, 0.05) is 6.04 Å². The van der Waals surface area contributed by atoms with Crippen LogP contribution in [0.4, 0.5) is 5.69 Å². The maximum atomic E-state index is 6.22. The van der Waals surface area contributed by atoms with Crippen LogP contribution in [0, 0.1) is 12.8 Å². The average Bonchev–Trinajstić information content (AvgIpc) is 2.76. The monoisotopic (exact) mass is 237 g/mol. The topological polar surface area (TPSA) is 12.0 Å². The lowest BCUT2D eigenvalue weighted by Crippen LogP contribution is -2.24. The molecule has 1 unspecified atom stereocenters. The largest absolute Gasteiger partial charge is 0.381 e. The van der Waals surface area contributed by atoms with E-state index in [1.807, 2.05) is 12.1 Å². The molecular weight excluding hydrogens is 218 g/mol. The molecule has 1 aliphatic rings. The molecule has 0 bridgehead atoms. The minimum Gasteiger partial charge on any atom is -0.381 e. The highest BCUT2D eigenvalue weighted by molar-refractivity contribution is 6.33. The Hall–Kier alpha value is -0.690. The Morgan fingerprint density at radius 3 is 2.62 bits per heavy atom. The van der Waals surface area contributed by atoms with E-state index >= 15 is 0 Å². The van der Waals surface area contributed by atoms with Crippen molar-refractivity contribution in [3.05, 3.63) is 28.8 Å². The van der Waals surface area contributed by atoms with E-state index in [1.165, 1.54) is 31.2 Å². The van der Waals surface area contributed by atoms with Crippen LogP contribution in [-0.4, -0.2) is 6.04 Å². The first kappa shape index (κ1) is 11.8. The van der Waals surface area contributed by atoms with Gasteiger partial charge in [-0.15, -0.1) is 0 Å². The second-order valence-corrected chi connectivity index (χ2v) is 5.32. The van der Waals surface area contributed by atoms with Crippen molar-refractivity contribution in [3.8, 4) is 0 Å². The SMILES string of the molecule is Cc1cccc(Cl)c1NC(C)C1CCCC1. The predicted octanol–water partition coefficient (Wildman–Crippen LogP) is 4.64. The van der Waals surface area contributed by atoms with Gasteiger partial charge in [-0.05, 0) is 44.2 Å². The summed E-state index contributed by atoms with van der Waals surface area (Å²) in [5, 5.41) is 4.43. The maximum absolute atomic E-state index is 6.22. The van der Waals surface area contributed by atoms with Gasteiger partial charge in [-0.3, -0.25) is 0 Å². The lowest BCUT2D eigenvalue weighted by atomic mass is 9.99. The Bertz CT molecular complexity index is 336. The van der Waals surface area contributed by atoms with Crippen LogP contribution in [0.5, 0.6) is 0 Å². The molecule has 0 radical (unpaired) electrons. The van der Waals surface area contributed by atoms with E-state index in [2.05, 4.69) is 25.2 Å². The number of hydrogen-bond acceptors (Lipinski definition) is 1. The summed E-state index contributed by atoms with van der Waals surface area (Å²) in [5.41, 5.74) is 2.35. The number of hydrogen-bond donors (Lipinski definition) is 1. The van der Waals surface area contributed by atoms with Crippen LogP contribution in [0.25, 0.3) is 0 Å². The van der Waals surface area contributed by atoms with Crippen LogP contribution < -0.4 is 5.32 Å². The number of rotatable bonds is 3. The summed E-state index contributed by atoms with van der Waals surface area (Å²) in [6.07, 6.45) is 5.49. The highest BCUT2D eigenvalue weighted by Crippen LogP contribution is 2.32. The number of benzene rings is 1. The van der Waals surface area contributed by atoms with Gasteiger partial charge in [0.2, 0.25) is 0 Å². The summed E-state index contributed by atoms with van der Waals surface area (Å²) in [7, 11) is 0. The Morgan fingerprint density at radius 2 is 2.00 bits per heavy atom. The second-order valence-electron chi connectivity index (χ2n) is 4.91. The van der Waals surface area contributed by atoms with E-state index in [9.17, 15) is 0 Å². The lowest BCUT2D eigenvalue weighted by molar-refractivity contribution is 0.482. The smallest absolute Gasteiger partial charge is 0.0640 e. The predicted molar refractivity (Wildman–Crippen MR) is 71.2 cm³/mol. The van der Waals surface area contributed by atoms with Crippen LogP contribution in [-0.2, 0) is 0 Å². The van der Waals surface area contributed by atoms with E-state index in [1.54, 1.807) is 0 Å². The molecule has 1 N–H and O–H groups in total. The summed E-state index contributed by atoms with van der Waals surface area (Å²) in [4.78, 5) is 0. The van der Waals surface area contributed by atoms with Crippen LogP contribution in [0.1, 0.15) is 38.2 Å². The van der Waals surface area contributed by atoms with Gasteiger partial charge in [-0.1, -0.05) is 36.6 Å². The standard InChI is InChI=1S/C14H20ClN/c1-10-6-5-9-13(15)14(10)16-11(2)12-7-3-4-8-12/h5-6,9,11-12,16H,3-4,7-8H2,1-2H3. The number of anilines is 1. The first-order valence-corrected chi connectivity index (χ1v) is 6.58. The van der Waals surface area contributed by atoms with Gasteiger partial charge in [0.25, 0.3) is 0 Å². The zero-order chi connectivity index (χ0) is 11.5. The third kappa shape index (κ3) is 2.52. The van der Waals surface area contributed by atoms with Crippen molar-refractivity contribution in [2.75, 3.05) is 5.32 Å². The van der Waals surface area contributed by atoms with Crippen LogP contribution in [0.15, 0.2) is 18.2 Å². The van der Waals surface area contributed by atoms with Gasteiger partial charge < -0.3 is 5.32 Å². The molecule has 1 saturated carbocycles. The molecule has 0 saturated heterocycles. The van der Waals surface area contributed by atoms with Crippen LogP contribution in [0.3, 0.4) is 0 Å². The third-order valence-electron chi connectivity index (χ3n) is 3.70. The molecule has 0 aromatic heterocycles. The van der Waals surface area contributed by atoms with Gasteiger partial charge in [-0.2, -0.15) is 0 Å². The molecule has 88 valence electrons. The summed E-state index contributed by atoms with van der Waals surface area (Å²) in [6, 6.07) is 6.60. The molecule has 1 nitrogen and oxygen atoms in total. The first-order valence-electron chi connectivity index (χ1n) is 6.20. The highest BCUT2D eigenvalue weighted by atomic mass is 35.5. The fraction of sp³-hybridized carbons (Fsp3) is 0.571. The van der Waals surface area contributed by atoms with Crippen molar-refractivity contribution in [2.45, 2.75) is 45.6 Å². The molecule has 2 heteroatoms. The lowest BCUT2D eigenvalue weighted by Gasteiger charge is -2.23. The minimum absolute atomic E-state index is 0.529. The maximum Gasteiger partial charge on any atom is 0.0640 e. The molecular formula is C14H20ClN. The van der Waals surface area contributed by atoms with Crippen LogP contribution >= 0.6 is 11.6 Å². The van der Waals surface area contributed by atoms with Gasteiger partial charge in [0.1, 0.15) is 0 Å². The number of aryl methyl sites for hydroxylation is 1. The van der Waals surface area contributed by atoms with Crippen molar-refractivity contribution < 1.29 is 0 Å². The summed E-state index contributed by atoms with van der Waals surface area (Å²) >= 11 is 6.22. The zero-order valence-corrected chi connectivity index (χ0v) is 10.8. The molecule has 1 fully saturated rings. The summed E-state index contributed by atoms with van der Waals surface area (Å²) in [6.45, 7) is 4.38. The van der Waals surface area contributed by atoms with Crippen LogP contribution in [0.2, 0.25) is 5.02 Å². The van der Waals surface area contributed by atoms with Gasteiger partial charge in [-0.25, -0.2) is 0 Å². The summed E-state index contributed by atoms with van der Waals surface area (Å²) < 4.78 is 0. The van der Waals surface area contributed by atoms with Gasteiger partial charge in [0.05, 0.1) is 10.7 Å². The second kappa shape index (κ2) is 5.09. The Kier molecular flexibility index (Phi) is 3.75. The molecule has 0 aliphatic heterocycles. The molecule has 1 atom stereocenters. The Morgan fingerprint density at radius 1 is 1.31 bits per heavy atom. The fourth-order valence-electron chi connectivity index (χ4n) is 2.62. The molecule has 0 spiro atoms. The van der Waals surface area contributed by atoms with E-state index in [4.69, 9.17) is 11.6 Å². The van der Waals surface area contributed by atoms with Crippen molar-refractivity contribution in [1.82, 2.24) is 0 Å². The van der Waals surface area contributed by atoms with E-state index in [-0.39, 0.29) is 0 Å². The molecule has 0 heterocycles. The van der Waals surface area contributed by atoms with Crippen molar-refractivity contribution in [3.63, 3.8) is 0 Å². The average molecular weight is 238 g/mol. The van der Waals surface area contributed by atoms with Gasteiger partial charge >= 0.3 is 0 Å². The molecule has 1 aromatic carbocycles. The van der Waals surface area contributed by atoms with E-state index in [0.717, 1.165) is 16.6 Å². The molecule has 1 aliphatic carbocycles.